The molecule has 120 valence electrons. The number of pyridine rings is 1. The lowest BCUT2D eigenvalue weighted by Gasteiger charge is -2.39. The zero-order valence-electron chi connectivity index (χ0n) is 13.4. The monoisotopic (exact) mass is 310 g/mol. The van der Waals surface area contributed by atoms with Crippen molar-refractivity contribution in [3.05, 3.63) is 36.2 Å². The summed E-state index contributed by atoms with van der Waals surface area (Å²) in [5.41, 5.74) is 8.50. The summed E-state index contributed by atoms with van der Waals surface area (Å²) in [6.07, 6.45) is 6.27. The van der Waals surface area contributed by atoms with Crippen molar-refractivity contribution in [3.63, 3.8) is 0 Å². The summed E-state index contributed by atoms with van der Waals surface area (Å²) in [4.78, 5) is 17.8. The van der Waals surface area contributed by atoms with E-state index in [1.54, 1.807) is 6.20 Å². The van der Waals surface area contributed by atoms with Crippen LogP contribution in [0.2, 0.25) is 0 Å². The maximum absolute atomic E-state index is 5.64. The van der Waals surface area contributed by atoms with Gasteiger partial charge in [-0.15, -0.1) is 0 Å². The highest BCUT2D eigenvalue weighted by Gasteiger charge is 2.38. The van der Waals surface area contributed by atoms with Gasteiger partial charge in [-0.2, -0.15) is 0 Å². The summed E-state index contributed by atoms with van der Waals surface area (Å²) in [6, 6.07) is 7.40. The molecular weight excluding hydrogens is 288 g/mol. The summed E-state index contributed by atoms with van der Waals surface area (Å²) in [6.45, 7) is 3.35. The number of hydrogen-bond donors (Lipinski definition) is 1. The molecule has 2 N–H and O–H groups in total. The summed E-state index contributed by atoms with van der Waals surface area (Å²) in [7, 11) is 2.23. The number of piperazine rings is 1. The Kier molecular flexibility index (Phi) is 3.71. The van der Waals surface area contributed by atoms with Crippen LogP contribution < -0.4 is 5.73 Å². The van der Waals surface area contributed by atoms with E-state index >= 15 is 0 Å². The van der Waals surface area contributed by atoms with Crippen molar-refractivity contribution in [1.29, 1.82) is 0 Å². The van der Waals surface area contributed by atoms with E-state index < -0.39 is 0 Å². The minimum Gasteiger partial charge on any atom is -0.368 e. The zero-order valence-corrected chi connectivity index (χ0v) is 13.4. The fourth-order valence-corrected chi connectivity index (χ4v) is 3.86. The molecule has 2 aliphatic heterocycles. The SMILES string of the molecule is CN1CC2CCC(C1)N2Cc1ccc(-c2ccnc(N)n2)nc1. The first-order valence-corrected chi connectivity index (χ1v) is 8.17. The van der Waals surface area contributed by atoms with Gasteiger partial charge in [-0.25, -0.2) is 9.97 Å². The lowest BCUT2D eigenvalue weighted by molar-refractivity contribution is 0.0759. The highest BCUT2D eigenvalue weighted by molar-refractivity contribution is 5.54. The summed E-state index contributed by atoms with van der Waals surface area (Å²) in [5, 5.41) is 0. The number of aromatic nitrogens is 3. The molecule has 0 aliphatic carbocycles. The molecule has 4 rings (SSSR count). The molecule has 0 amide bonds. The van der Waals surface area contributed by atoms with Crippen LogP contribution in [0.1, 0.15) is 18.4 Å². The number of nitrogen functional groups attached to an aromatic ring is 1. The summed E-state index contributed by atoms with van der Waals surface area (Å²) >= 11 is 0. The van der Waals surface area contributed by atoms with Crippen molar-refractivity contribution in [2.45, 2.75) is 31.5 Å². The van der Waals surface area contributed by atoms with Crippen LogP contribution in [0, 0.1) is 0 Å². The molecule has 6 nitrogen and oxygen atoms in total. The third-order valence-electron chi connectivity index (χ3n) is 4.94. The highest BCUT2D eigenvalue weighted by Crippen LogP contribution is 2.31. The second-order valence-corrected chi connectivity index (χ2v) is 6.63. The number of nitrogens with two attached hydrogens (primary N) is 1. The maximum atomic E-state index is 5.64. The van der Waals surface area contributed by atoms with Crippen molar-refractivity contribution >= 4 is 5.95 Å². The summed E-state index contributed by atoms with van der Waals surface area (Å²) in [5.74, 6) is 0.280. The van der Waals surface area contributed by atoms with Crippen LogP contribution in [0.3, 0.4) is 0 Å². The molecule has 0 radical (unpaired) electrons. The fraction of sp³-hybridized carbons (Fsp3) is 0.471. The van der Waals surface area contributed by atoms with E-state index in [9.17, 15) is 0 Å². The first-order valence-electron chi connectivity index (χ1n) is 8.17. The van der Waals surface area contributed by atoms with Gasteiger partial charge in [-0.05, 0) is 37.6 Å². The molecule has 0 saturated carbocycles. The lowest BCUT2D eigenvalue weighted by Crippen LogP contribution is -2.51. The van der Waals surface area contributed by atoms with Gasteiger partial charge in [0.2, 0.25) is 5.95 Å². The molecule has 2 aliphatic rings. The van der Waals surface area contributed by atoms with E-state index in [0.717, 1.165) is 17.9 Å². The number of anilines is 1. The molecule has 2 fully saturated rings. The van der Waals surface area contributed by atoms with Crippen molar-refractivity contribution in [3.8, 4) is 11.4 Å². The zero-order chi connectivity index (χ0) is 15.8. The first kappa shape index (κ1) is 14.5. The van der Waals surface area contributed by atoms with Crippen molar-refractivity contribution in [1.82, 2.24) is 24.8 Å². The van der Waals surface area contributed by atoms with Gasteiger partial charge in [-0.1, -0.05) is 6.07 Å². The highest BCUT2D eigenvalue weighted by atomic mass is 15.3. The largest absolute Gasteiger partial charge is 0.368 e. The molecule has 0 aromatic carbocycles. The molecule has 4 heterocycles. The van der Waals surface area contributed by atoms with E-state index in [1.807, 2.05) is 18.3 Å². The third-order valence-corrected chi connectivity index (χ3v) is 4.94. The van der Waals surface area contributed by atoms with Crippen LogP contribution in [0.25, 0.3) is 11.4 Å². The second kappa shape index (κ2) is 5.86. The molecule has 23 heavy (non-hydrogen) atoms. The molecule has 2 unspecified atom stereocenters. The minimum absolute atomic E-state index is 0.280. The number of likely N-dealkylation sites (tertiary alicyclic amines) is 1. The van der Waals surface area contributed by atoms with Crippen LogP contribution in [-0.4, -0.2) is 57.0 Å². The molecule has 2 bridgehead atoms. The Bertz CT molecular complexity index is 672. The standard InChI is InChI=1S/C17H22N6/c1-22-10-13-3-4-14(11-22)23(13)9-12-2-5-15(20-8-12)16-6-7-19-17(18)21-16/h2,5-8,13-14H,3-4,9-11H2,1H3,(H2,18,19,21). The Hall–Kier alpha value is -2.05. The van der Waals surface area contributed by atoms with E-state index in [1.165, 1.54) is 31.5 Å². The molecule has 2 saturated heterocycles. The van der Waals surface area contributed by atoms with E-state index in [2.05, 4.69) is 37.9 Å². The molecule has 2 atom stereocenters. The lowest BCUT2D eigenvalue weighted by atomic mass is 10.1. The molecule has 6 heteroatoms. The van der Waals surface area contributed by atoms with Gasteiger partial charge in [0.25, 0.3) is 0 Å². The molecule has 0 spiro atoms. The van der Waals surface area contributed by atoms with Gasteiger partial charge in [0.15, 0.2) is 0 Å². The first-order chi connectivity index (χ1) is 11.2. The van der Waals surface area contributed by atoms with Crippen molar-refractivity contribution in [2.24, 2.45) is 0 Å². The maximum Gasteiger partial charge on any atom is 0.220 e. The second-order valence-electron chi connectivity index (χ2n) is 6.63. The summed E-state index contributed by atoms with van der Waals surface area (Å²) < 4.78 is 0. The van der Waals surface area contributed by atoms with Crippen LogP contribution in [0.15, 0.2) is 30.6 Å². The van der Waals surface area contributed by atoms with Crippen LogP contribution in [0.5, 0.6) is 0 Å². The average molecular weight is 310 g/mol. The predicted molar refractivity (Wildman–Crippen MR) is 89.5 cm³/mol. The van der Waals surface area contributed by atoms with E-state index in [-0.39, 0.29) is 5.95 Å². The quantitative estimate of drug-likeness (QED) is 0.924. The van der Waals surface area contributed by atoms with Gasteiger partial charge in [0.1, 0.15) is 0 Å². The Morgan fingerprint density at radius 2 is 1.87 bits per heavy atom. The van der Waals surface area contributed by atoms with Gasteiger partial charge >= 0.3 is 0 Å². The van der Waals surface area contributed by atoms with Crippen LogP contribution in [-0.2, 0) is 6.54 Å². The van der Waals surface area contributed by atoms with Crippen LogP contribution in [0.4, 0.5) is 5.95 Å². The predicted octanol–water partition coefficient (Wildman–Crippen LogP) is 1.40. The minimum atomic E-state index is 0.280. The number of hydrogen-bond acceptors (Lipinski definition) is 6. The van der Waals surface area contributed by atoms with Gasteiger partial charge in [-0.3, -0.25) is 9.88 Å². The normalized spacial score (nSPS) is 24.9. The van der Waals surface area contributed by atoms with Gasteiger partial charge in [0.05, 0.1) is 11.4 Å². The Labute approximate surface area is 136 Å². The Morgan fingerprint density at radius 3 is 2.52 bits per heavy atom. The van der Waals surface area contributed by atoms with Crippen molar-refractivity contribution in [2.75, 3.05) is 25.9 Å². The van der Waals surface area contributed by atoms with E-state index in [0.29, 0.717) is 12.1 Å². The number of fused-ring (bicyclic) bond motifs is 2. The van der Waals surface area contributed by atoms with Crippen molar-refractivity contribution < 1.29 is 0 Å². The van der Waals surface area contributed by atoms with Crippen LogP contribution >= 0.6 is 0 Å². The Morgan fingerprint density at radius 1 is 1.09 bits per heavy atom. The van der Waals surface area contributed by atoms with E-state index in [4.69, 9.17) is 5.73 Å². The third kappa shape index (κ3) is 2.92. The smallest absolute Gasteiger partial charge is 0.220 e. The fourth-order valence-electron chi connectivity index (χ4n) is 3.86. The topological polar surface area (TPSA) is 71.2 Å². The number of rotatable bonds is 3. The number of likely N-dealkylation sites (N-methyl/N-ethyl adjacent to an activating group) is 1. The van der Waals surface area contributed by atoms with Gasteiger partial charge in [0, 0.05) is 44.1 Å². The average Bonchev–Trinajstić information content (AvgIpc) is 2.78. The molecule has 2 aromatic heterocycles. The number of nitrogens with zero attached hydrogens (tertiary/aromatic N) is 5. The Balaban J connectivity index is 1.49. The molecule has 2 aromatic rings. The molecular formula is C17H22N6. The van der Waals surface area contributed by atoms with Gasteiger partial charge < -0.3 is 10.6 Å².